The molecule has 1 fully saturated rings. The smallest absolute Gasteiger partial charge is 0.185 e. The molecule has 1 aromatic rings. The number of aromatic nitrogens is 1. The van der Waals surface area contributed by atoms with Gasteiger partial charge in [-0.05, 0) is 18.6 Å². The van der Waals surface area contributed by atoms with Gasteiger partial charge in [-0.25, -0.2) is 4.39 Å². The molecule has 0 amide bonds. The molecule has 2 heterocycles. The summed E-state index contributed by atoms with van der Waals surface area (Å²) < 4.78 is 18.4. The van der Waals surface area contributed by atoms with Gasteiger partial charge in [-0.15, -0.1) is 0 Å². The number of ketones is 1. The number of rotatable bonds is 5. The topological polar surface area (TPSA) is 42.4 Å². The number of halogens is 1. The first kappa shape index (κ1) is 15.1. The van der Waals surface area contributed by atoms with Crippen LogP contribution in [-0.2, 0) is 4.74 Å². The Morgan fingerprint density at radius 2 is 2.40 bits per heavy atom. The number of morpholine rings is 1. The van der Waals surface area contributed by atoms with Crippen molar-refractivity contribution in [3.05, 3.63) is 29.8 Å². The lowest BCUT2D eigenvalue weighted by Crippen LogP contribution is -2.44. The minimum Gasteiger partial charge on any atom is -0.376 e. The van der Waals surface area contributed by atoms with Crippen LogP contribution in [0.3, 0.4) is 0 Å². The molecule has 2 unspecified atom stereocenters. The van der Waals surface area contributed by atoms with Crippen LogP contribution in [0.25, 0.3) is 0 Å². The van der Waals surface area contributed by atoms with Crippen LogP contribution in [-0.4, -0.2) is 48.0 Å². The highest BCUT2D eigenvalue weighted by molar-refractivity contribution is 5.95. The van der Waals surface area contributed by atoms with Gasteiger partial charge in [0.15, 0.2) is 5.78 Å². The van der Waals surface area contributed by atoms with Crippen molar-refractivity contribution in [2.24, 2.45) is 5.92 Å². The number of pyridine rings is 1. The summed E-state index contributed by atoms with van der Waals surface area (Å²) >= 11 is 0. The number of hydrogen-bond acceptors (Lipinski definition) is 4. The van der Waals surface area contributed by atoms with Gasteiger partial charge in [-0.3, -0.25) is 14.7 Å². The lowest BCUT2D eigenvalue weighted by atomic mass is 10.0. The van der Waals surface area contributed by atoms with Gasteiger partial charge in [0.05, 0.1) is 18.9 Å². The fraction of sp³-hybridized carbons (Fsp3) is 0.600. The number of carbonyl (C=O) groups excluding carboxylic acids is 1. The van der Waals surface area contributed by atoms with Gasteiger partial charge in [-0.2, -0.15) is 0 Å². The maximum absolute atomic E-state index is 12.8. The lowest BCUT2D eigenvalue weighted by molar-refractivity contribution is -0.0325. The highest BCUT2D eigenvalue weighted by Crippen LogP contribution is 2.13. The molecule has 4 nitrogen and oxygen atoms in total. The Morgan fingerprint density at radius 3 is 3.05 bits per heavy atom. The van der Waals surface area contributed by atoms with Crippen LogP contribution in [0.2, 0.25) is 0 Å². The largest absolute Gasteiger partial charge is 0.376 e. The van der Waals surface area contributed by atoms with E-state index in [9.17, 15) is 9.18 Å². The molecule has 0 saturated carbocycles. The third kappa shape index (κ3) is 3.84. The van der Waals surface area contributed by atoms with Crippen molar-refractivity contribution in [2.45, 2.75) is 26.4 Å². The second-order valence-electron chi connectivity index (χ2n) is 5.29. The summed E-state index contributed by atoms with van der Waals surface area (Å²) in [7, 11) is 0. The zero-order valence-electron chi connectivity index (χ0n) is 12.0. The second kappa shape index (κ2) is 6.90. The highest BCUT2D eigenvalue weighted by atomic mass is 19.1. The van der Waals surface area contributed by atoms with Crippen molar-refractivity contribution in [1.29, 1.82) is 0 Å². The van der Waals surface area contributed by atoms with Crippen molar-refractivity contribution in [2.75, 3.05) is 26.2 Å². The Bertz CT molecular complexity index is 450. The zero-order valence-corrected chi connectivity index (χ0v) is 12.0. The van der Waals surface area contributed by atoms with E-state index in [-0.39, 0.29) is 17.8 Å². The van der Waals surface area contributed by atoms with E-state index in [1.807, 2.05) is 6.92 Å². The molecule has 0 aliphatic carbocycles. The molecule has 0 radical (unpaired) electrons. The van der Waals surface area contributed by atoms with Gasteiger partial charge < -0.3 is 4.74 Å². The van der Waals surface area contributed by atoms with E-state index in [1.165, 1.54) is 12.1 Å². The van der Waals surface area contributed by atoms with Crippen LogP contribution in [0.5, 0.6) is 0 Å². The Labute approximate surface area is 118 Å². The molecule has 110 valence electrons. The van der Waals surface area contributed by atoms with Gasteiger partial charge in [0.2, 0.25) is 0 Å². The van der Waals surface area contributed by atoms with E-state index in [0.29, 0.717) is 18.8 Å². The summed E-state index contributed by atoms with van der Waals surface area (Å²) in [5, 5.41) is 0. The molecule has 0 spiro atoms. The Hall–Kier alpha value is -1.33. The number of Topliss-reactive ketones (excluding diaryl/α,β-unsaturated/α-hetero) is 1. The first-order valence-corrected chi connectivity index (χ1v) is 7.10. The fourth-order valence-electron chi connectivity index (χ4n) is 2.44. The van der Waals surface area contributed by atoms with Crippen LogP contribution >= 0.6 is 0 Å². The average molecular weight is 280 g/mol. The quantitative estimate of drug-likeness (QED) is 0.775. The predicted molar refractivity (Wildman–Crippen MR) is 74.2 cm³/mol. The molecule has 2 atom stereocenters. The van der Waals surface area contributed by atoms with Crippen LogP contribution in [0.15, 0.2) is 18.3 Å². The van der Waals surface area contributed by atoms with Crippen LogP contribution < -0.4 is 0 Å². The fourth-order valence-corrected chi connectivity index (χ4v) is 2.44. The summed E-state index contributed by atoms with van der Waals surface area (Å²) in [6.45, 7) is 7.12. The molecule has 1 aromatic heterocycles. The second-order valence-corrected chi connectivity index (χ2v) is 5.29. The number of ether oxygens (including phenoxy) is 1. The van der Waals surface area contributed by atoms with E-state index >= 15 is 0 Å². The number of carbonyl (C=O) groups is 1. The molecular weight excluding hydrogens is 259 g/mol. The first-order valence-electron chi connectivity index (χ1n) is 7.10. The van der Waals surface area contributed by atoms with Crippen LogP contribution in [0.4, 0.5) is 4.39 Å². The molecule has 5 heteroatoms. The minimum atomic E-state index is -0.423. The minimum absolute atomic E-state index is 0.0375. The summed E-state index contributed by atoms with van der Waals surface area (Å²) in [5.41, 5.74) is 0.333. The van der Waals surface area contributed by atoms with E-state index in [0.717, 1.165) is 25.7 Å². The van der Waals surface area contributed by atoms with Gasteiger partial charge in [0.1, 0.15) is 11.5 Å². The summed E-state index contributed by atoms with van der Waals surface area (Å²) in [5.74, 6) is -0.610. The monoisotopic (exact) mass is 280 g/mol. The van der Waals surface area contributed by atoms with Crippen molar-refractivity contribution in [3.63, 3.8) is 0 Å². The Kier molecular flexibility index (Phi) is 5.20. The van der Waals surface area contributed by atoms with Crippen molar-refractivity contribution >= 4 is 5.78 Å². The number of hydrogen-bond donors (Lipinski definition) is 0. The molecular formula is C15H21FN2O2. The predicted octanol–water partition coefficient (Wildman–Crippen LogP) is 2.15. The molecule has 2 rings (SSSR count). The lowest BCUT2D eigenvalue weighted by Gasteiger charge is -2.33. The maximum atomic E-state index is 12.8. The molecule has 20 heavy (non-hydrogen) atoms. The molecule has 1 aliphatic rings. The standard InChI is InChI=1S/C15H21FN2O2/c1-3-13-10-18(6-7-20-13)9-11(2)15(19)14-5-4-12(16)8-17-14/h4-5,8,11,13H,3,6-7,9-10H2,1-2H3. The first-order chi connectivity index (χ1) is 9.60. The van der Waals surface area contributed by atoms with Gasteiger partial charge >= 0.3 is 0 Å². The molecule has 0 N–H and O–H groups in total. The summed E-state index contributed by atoms with van der Waals surface area (Å²) in [4.78, 5) is 18.3. The average Bonchev–Trinajstić information content (AvgIpc) is 2.47. The van der Waals surface area contributed by atoms with Gasteiger partial charge in [0.25, 0.3) is 0 Å². The molecule has 1 saturated heterocycles. The third-order valence-electron chi connectivity index (χ3n) is 3.64. The molecule has 0 aromatic carbocycles. The van der Waals surface area contributed by atoms with Crippen molar-refractivity contribution in [3.8, 4) is 0 Å². The van der Waals surface area contributed by atoms with Crippen molar-refractivity contribution < 1.29 is 13.9 Å². The van der Waals surface area contributed by atoms with E-state index in [2.05, 4.69) is 16.8 Å². The Morgan fingerprint density at radius 1 is 1.60 bits per heavy atom. The summed E-state index contributed by atoms with van der Waals surface area (Å²) in [6.07, 6.45) is 2.33. The zero-order chi connectivity index (χ0) is 14.5. The maximum Gasteiger partial charge on any atom is 0.185 e. The highest BCUT2D eigenvalue weighted by Gasteiger charge is 2.24. The van der Waals surface area contributed by atoms with Crippen LogP contribution in [0, 0.1) is 11.7 Å². The molecule has 1 aliphatic heterocycles. The van der Waals surface area contributed by atoms with Crippen LogP contribution in [0.1, 0.15) is 30.8 Å². The molecule has 0 bridgehead atoms. The van der Waals surface area contributed by atoms with Gasteiger partial charge in [-0.1, -0.05) is 13.8 Å². The normalized spacial score (nSPS) is 21.6. The van der Waals surface area contributed by atoms with Gasteiger partial charge in [0, 0.05) is 25.6 Å². The SMILES string of the molecule is CCC1CN(CC(C)C(=O)c2ccc(F)cn2)CCO1. The summed E-state index contributed by atoms with van der Waals surface area (Å²) in [6, 6.07) is 2.72. The van der Waals surface area contributed by atoms with Crippen molar-refractivity contribution in [1.82, 2.24) is 9.88 Å². The van der Waals surface area contributed by atoms with E-state index in [1.54, 1.807) is 0 Å². The Balaban J connectivity index is 1.92. The van der Waals surface area contributed by atoms with E-state index in [4.69, 9.17) is 4.74 Å². The third-order valence-corrected chi connectivity index (χ3v) is 3.64. The van der Waals surface area contributed by atoms with E-state index < -0.39 is 5.82 Å². The number of nitrogens with zero attached hydrogens (tertiary/aromatic N) is 2.